The zero-order valence-electron chi connectivity index (χ0n) is 11.2. The van der Waals surface area contributed by atoms with Crippen molar-refractivity contribution in [2.75, 3.05) is 13.1 Å². The number of nitrogens with zero attached hydrogens (tertiary/aromatic N) is 1. The van der Waals surface area contributed by atoms with E-state index in [1.54, 1.807) is 4.90 Å². The van der Waals surface area contributed by atoms with E-state index in [0.717, 1.165) is 0 Å². The summed E-state index contributed by atoms with van der Waals surface area (Å²) in [7, 11) is 0. The Morgan fingerprint density at radius 1 is 1.59 bits per heavy atom. The summed E-state index contributed by atoms with van der Waals surface area (Å²) in [5.41, 5.74) is 4.22. The van der Waals surface area contributed by atoms with Gasteiger partial charge in [0.2, 0.25) is 0 Å². The number of aliphatic hydroxyl groups is 1. The molecule has 3 N–H and O–H groups in total. The highest BCUT2D eigenvalue weighted by atomic mass is 16.6. The number of hydrogen-bond donors (Lipinski definition) is 2. The molecule has 1 aliphatic rings. The van der Waals surface area contributed by atoms with Crippen molar-refractivity contribution in [3.63, 3.8) is 0 Å². The van der Waals surface area contributed by atoms with Crippen LogP contribution < -0.4 is 5.73 Å². The fraction of sp³-hybridized carbons (Fsp3) is 0.917. The number of hydrogen-bond acceptors (Lipinski definition) is 4. The van der Waals surface area contributed by atoms with Gasteiger partial charge in [0.05, 0.1) is 5.60 Å². The van der Waals surface area contributed by atoms with Crippen LogP contribution in [0.2, 0.25) is 0 Å². The quantitative estimate of drug-likeness (QED) is 0.724. The molecule has 5 heteroatoms. The molecule has 0 aromatic rings. The summed E-state index contributed by atoms with van der Waals surface area (Å²) in [6, 6.07) is -0.0489. The van der Waals surface area contributed by atoms with Crippen molar-refractivity contribution >= 4 is 6.09 Å². The lowest BCUT2D eigenvalue weighted by Crippen LogP contribution is -2.55. The molecule has 1 heterocycles. The first-order chi connectivity index (χ1) is 7.67. The van der Waals surface area contributed by atoms with E-state index in [9.17, 15) is 9.90 Å². The zero-order chi connectivity index (χ0) is 13.3. The molecule has 0 aromatic carbocycles. The number of piperidine rings is 1. The Balaban J connectivity index is 2.61. The largest absolute Gasteiger partial charge is 0.444 e. The van der Waals surface area contributed by atoms with E-state index in [1.807, 2.05) is 27.7 Å². The molecular weight excluding hydrogens is 220 g/mol. The maximum Gasteiger partial charge on any atom is 0.410 e. The third kappa shape index (κ3) is 3.85. The Hall–Kier alpha value is -0.810. The van der Waals surface area contributed by atoms with Crippen LogP contribution in [-0.2, 0) is 4.74 Å². The molecule has 1 amide bonds. The first-order valence-electron chi connectivity index (χ1n) is 6.09. The van der Waals surface area contributed by atoms with Crippen LogP contribution in [0, 0.1) is 0 Å². The van der Waals surface area contributed by atoms with E-state index in [4.69, 9.17) is 10.5 Å². The van der Waals surface area contributed by atoms with Gasteiger partial charge in [0.15, 0.2) is 0 Å². The monoisotopic (exact) mass is 244 g/mol. The molecule has 0 spiro atoms. The Kier molecular flexibility index (Phi) is 4.04. The van der Waals surface area contributed by atoms with Gasteiger partial charge in [-0.2, -0.15) is 0 Å². The van der Waals surface area contributed by atoms with Crippen molar-refractivity contribution < 1.29 is 14.6 Å². The van der Waals surface area contributed by atoms with Gasteiger partial charge in [0.25, 0.3) is 0 Å². The lowest BCUT2D eigenvalue weighted by atomic mass is 9.87. The predicted molar refractivity (Wildman–Crippen MR) is 65.6 cm³/mol. The number of rotatable bonds is 1. The molecule has 0 aliphatic carbocycles. The summed E-state index contributed by atoms with van der Waals surface area (Å²) in [5.74, 6) is 0. The Labute approximate surface area is 103 Å². The highest BCUT2D eigenvalue weighted by Crippen LogP contribution is 2.27. The van der Waals surface area contributed by atoms with Crippen molar-refractivity contribution in [1.29, 1.82) is 0 Å². The van der Waals surface area contributed by atoms with Crippen molar-refractivity contribution in [3.8, 4) is 0 Å². The summed E-state index contributed by atoms with van der Waals surface area (Å²) in [5, 5.41) is 10.1. The standard InChI is InChI=1S/C12H24N2O3/c1-9-7-12(16,8-13)5-6-14(9)10(15)17-11(2,3)4/h9,16H,5-8,13H2,1-4H3. The highest BCUT2D eigenvalue weighted by Gasteiger charge is 2.38. The second-order valence-corrected chi connectivity index (χ2v) is 5.91. The summed E-state index contributed by atoms with van der Waals surface area (Å²) >= 11 is 0. The van der Waals surface area contributed by atoms with Gasteiger partial charge >= 0.3 is 6.09 Å². The number of carbonyl (C=O) groups is 1. The minimum atomic E-state index is -0.835. The molecule has 17 heavy (non-hydrogen) atoms. The van der Waals surface area contributed by atoms with Crippen LogP contribution in [0.25, 0.3) is 0 Å². The number of nitrogens with two attached hydrogens (primary N) is 1. The summed E-state index contributed by atoms with van der Waals surface area (Å²) in [6.45, 7) is 8.16. The second kappa shape index (κ2) is 4.82. The lowest BCUT2D eigenvalue weighted by Gasteiger charge is -2.42. The van der Waals surface area contributed by atoms with Gasteiger partial charge in [0.1, 0.15) is 5.60 Å². The molecule has 0 aromatic heterocycles. The van der Waals surface area contributed by atoms with Crippen LogP contribution >= 0.6 is 0 Å². The van der Waals surface area contributed by atoms with Gasteiger partial charge in [-0.15, -0.1) is 0 Å². The molecule has 100 valence electrons. The smallest absolute Gasteiger partial charge is 0.410 e. The van der Waals surface area contributed by atoms with E-state index in [1.165, 1.54) is 0 Å². The molecule has 1 rings (SSSR count). The fourth-order valence-electron chi connectivity index (χ4n) is 2.09. The Bertz CT molecular complexity index is 288. The zero-order valence-corrected chi connectivity index (χ0v) is 11.2. The first-order valence-corrected chi connectivity index (χ1v) is 6.09. The van der Waals surface area contributed by atoms with Gasteiger partial charge < -0.3 is 20.5 Å². The minimum Gasteiger partial charge on any atom is -0.444 e. The molecule has 0 radical (unpaired) electrons. The molecule has 2 atom stereocenters. The third-order valence-corrected chi connectivity index (χ3v) is 3.03. The van der Waals surface area contributed by atoms with Crippen molar-refractivity contribution in [3.05, 3.63) is 0 Å². The van der Waals surface area contributed by atoms with Crippen LogP contribution in [0.3, 0.4) is 0 Å². The SMILES string of the molecule is CC1CC(O)(CN)CCN1C(=O)OC(C)(C)C. The molecular formula is C12H24N2O3. The summed E-state index contributed by atoms with van der Waals surface area (Å²) < 4.78 is 5.32. The van der Waals surface area contributed by atoms with E-state index >= 15 is 0 Å². The normalized spacial score (nSPS) is 30.2. The number of ether oxygens (including phenoxy) is 1. The third-order valence-electron chi connectivity index (χ3n) is 3.03. The van der Waals surface area contributed by atoms with Crippen LogP contribution in [-0.4, -0.2) is 46.4 Å². The average molecular weight is 244 g/mol. The maximum absolute atomic E-state index is 11.9. The molecule has 5 nitrogen and oxygen atoms in total. The van der Waals surface area contributed by atoms with Crippen molar-refractivity contribution in [2.45, 2.75) is 57.8 Å². The van der Waals surface area contributed by atoms with E-state index < -0.39 is 11.2 Å². The van der Waals surface area contributed by atoms with E-state index in [-0.39, 0.29) is 18.7 Å². The Morgan fingerprint density at radius 2 is 2.18 bits per heavy atom. The lowest BCUT2D eigenvalue weighted by molar-refractivity contribution is -0.0454. The van der Waals surface area contributed by atoms with Crippen LogP contribution in [0.1, 0.15) is 40.5 Å². The average Bonchev–Trinajstić information content (AvgIpc) is 2.14. The van der Waals surface area contributed by atoms with Crippen LogP contribution in [0.5, 0.6) is 0 Å². The second-order valence-electron chi connectivity index (χ2n) is 5.91. The van der Waals surface area contributed by atoms with Crippen molar-refractivity contribution in [1.82, 2.24) is 4.90 Å². The molecule has 1 fully saturated rings. The van der Waals surface area contributed by atoms with Gasteiger partial charge in [-0.1, -0.05) is 0 Å². The number of carbonyl (C=O) groups excluding carboxylic acids is 1. The Morgan fingerprint density at radius 3 is 2.59 bits per heavy atom. The molecule has 0 saturated carbocycles. The van der Waals surface area contributed by atoms with Gasteiger partial charge in [-0.3, -0.25) is 0 Å². The molecule has 1 aliphatic heterocycles. The fourth-order valence-corrected chi connectivity index (χ4v) is 2.09. The molecule has 2 unspecified atom stereocenters. The predicted octanol–water partition coefficient (Wildman–Crippen LogP) is 1.10. The van der Waals surface area contributed by atoms with Crippen LogP contribution in [0.4, 0.5) is 4.79 Å². The van der Waals surface area contributed by atoms with Crippen molar-refractivity contribution in [2.24, 2.45) is 5.73 Å². The topological polar surface area (TPSA) is 75.8 Å². The number of amides is 1. The van der Waals surface area contributed by atoms with Gasteiger partial charge in [0, 0.05) is 19.1 Å². The van der Waals surface area contributed by atoms with Gasteiger partial charge in [-0.25, -0.2) is 4.79 Å². The minimum absolute atomic E-state index is 0.0489. The molecule has 1 saturated heterocycles. The van der Waals surface area contributed by atoms with Gasteiger partial charge in [-0.05, 0) is 40.5 Å². The highest BCUT2D eigenvalue weighted by molar-refractivity contribution is 5.68. The van der Waals surface area contributed by atoms with E-state index in [2.05, 4.69) is 0 Å². The summed E-state index contributed by atoms with van der Waals surface area (Å²) in [4.78, 5) is 13.6. The number of likely N-dealkylation sites (tertiary alicyclic amines) is 1. The van der Waals surface area contributed by atoms with E-state index in [0.29, 0.717) is 19.4 Å². The molecule has 0 bridgehead atoms. The first kappa shape index (κ1) is 14.3. The maximum atomic E-state index is 11.9. The summed E-state index contributed by atoms with van der Waals surface area (Å²) in [6.07, 6.45) is 0.694. The van der Waals surface area contributed by atoms with Crippen LogP contribution in [0.15, 0.2) is 0 Å².